The number of aliphatic hydroxyl groups is 1. The molecule has 0 radical (unpaired) electrons. The second-order valence-electron chi connectivity index (χ2n) is 6.36. The van der Waals surface area contributed by atoms with Crippen molar-refractivity contribution in [1.82, 2.24) is 9.88 Å². The summed E-state index contributed by atoms with van der Waals surface area (Å²) in [4.78, 5) is 18.9. The fourth-order valence-electron chi connectivity index (χ4n) is 3.42. The number of hydrogen-bond acceptors (Lipinski definition) is 4. The van der Waals surface area contributed by atoms with Crippen molar-refractivity contribution in [2.75, 3.05) is 13.7 Å². The number of benzene rings is 1. The zero-order valence-corrected chi connectivity index (χ0v) is 14.5. The lowest BCUT2D eigenvalue weighted by Crippen LogP contribution is -2.38. The van der Waals surface area contributed by atoms with Crippen molar-refractivity contribution in [3.63, 3.8) is 0 Å². The molecule has 0 aliphatic carbocycles. The van der Waals surface area contributed by atoms with Crippen LogP contribution < -0.4 is 4.74 Å². The molecule has 2 unspecified atom stereocenters. The van der Waals surface area contributed by atoms with Crippen LogP contribution in [0.15, 0.2) is 48.8 Å². The molecule has 1 aliphatic rings. The van der Waals surface area contributed by atoms with Gasteiger partial charge in [-0.05, 0) is 48.2 Å². The lowest BCUT2D eigenvalue weighted by atomic mass is 10.0. The van der Waals surface area contributed by atoms with Gasteiger partial charge in [0.25, 0.3) is 5.91 Å². The molecular weight excluding hydrogens is 316 g/mol. The maximum absolute atomic E-state index is 13.1. The van der Waals surface area contributed by atoms with Gasteiger partial charge in [0, 0.05) is 18.9 Å². The third kappa shape index (κ3) is 3.99. The van der Waals surface area contributed by atoms with Gasteiger partial charge in [-0.15, -0.1) is 0 Å². The van der Waals surface area contributed by atoms with Crippen LogP contribution in [0.5, 0.6) is 5.75 Å². The van der Waals surface area contributed by atoms with Gasteiger partial charge < -0.3 is 14.7 Å². The highest BCUT2D eigenvalue weighted by Crippen LogP contribution is 2.32. The summed E-state index contributed by atoms with van der Waals surface area (Å²) < 4.78 is 5.20. The predicted molar refractivity (Wildman–Crippen MR) is 95.1 cm³/mol. The van der Waals surface area contributed by atoms with Crippen LogP contribution in [0.1, 0.15) is 49.0 Å². The summed E-state index contributed by atoms with van der Waals surface area (Å²) in [5.74, 6) is 0.378. The number of pyridine rings is 1. The fourth-order valence-corrected chi connectivity index (χ4v) is 3.42. The number of nitrogens with zero attached hydrogens (tertiary/aromatic N) is 2. The molecule has 1 amide bonds. The molecule has 1 aromatic carbocycles. The molecule has 0 spiro atoms. The Bertz CT molecular complexity index is 705. The molecule has 3 rings (SSSR count). The number of rotatable bonds is 4. The van der Waals surface area contributed by atoms with E-state index in [1.54, 1.807) is 43.8 Å². The number of hydrogen-bond donors (Lipinski definition) is 1. The summed E-state index contributed by atoms with van der Waals surface area (Å²) >= 11 is 0. The van der Waals surface area contributed by atoms with Crippen molar-refractivity contribution < 1.29 is 14.6 Å². The maximum atomic E-state index is 13.1. The number of likely N-dealkylation sites (tertiary alicyclic amines) is 1. The molecule has 1 fully saturated rings. The van der Waals surface area contributed by atoms with Crippen LogP contribution in [0.4, 0.5) is 0 Å². The minimum atomic E-state index is -1.18. The zero-order chi connectivity index (χ0) is 17.6. The van der Waals surface area contributed by atoms with Gasteiger partial charge in [0.15, 0.2) is 6.10 Å². The zero-order valence-electron chi connectivity index (χ0n) is 14.5. The van der Waals surface area contributed by atoms with E-state index in [9.17, 15) is 9.90 Å². The second-order valence-corrected chi connectivity index (χ2v) is 6.36. The molecule has 5 nitrogen and oxygen atoms in total. The first kappa shape index (κ1) is 17.4. The van der Waals surface area contributed by atoms with E-state index in [0.29, 0.717) is 17.9 Å². The summed E-state index contributed by atoms with van der Waals surface area (Å²) in [6, 6.07) is 10.9. The lowest BCUT2D eigenvalue weighted by Gasteiger charge is -2.32. The smallest absolute Gasteiger partial charge is 0.256 e. The van der Waals surface area contributed by atoms with E-state index in [-0.39, 0.29) is 11.9 Å². The monoisotopic (exact) mass is 340 g/mol. The molecule has 1 saturated heterocycles. The molecule has 1 N–H and O–H groups in total. The Morgan fingerprint density at radius 2 is 2.04 bits per heavy atom. The number of aliphatic hydroxyl groups excluding tert-OH is 1. The van der Waals surface area contributed by atoms with Crippen LogP contribution >= 0.6 is 0 Å². The first-order chi connectivity index (χ1) is 12.2. The van der Waals surface area contributed by atoms with E-state index in [0.717, 1.165) is 31.2 Å². The number of ether oxygens (including phenoxy) is 1. The highest BCUT2D eigenvalue weighted by atomic mass is 16.5. The van der Waals surface area contributed by atoms with Crippen molar-refractivity contribution in [3.05, 3.63) is 59.9 Å². The first-order valence-corrected chi connectivity index (χ1v) is 8.73. The van der Waals surface area contributed by atoms with E-state index in [2.05, 4.69) is 4.98 Å². The largest absolute Gasteiger partial charge is 0.497 e. The van der Waals surface area contributed by atoms with Gasteiger partial charge >= 0.3 is 0 Å². The predicted octanol–water partition coefficient (Wildman–Crippen LogP) is 3.27. The van der Waals surface area contributed by atoms with Crippen molar-refractivity contribution in [3.8, 4) is 5.75 Å². The minimum absolute atomic E-state index is 0.0155. The Morgan fingerprint density at radius 3 is 2.80 bits per heavy atom. The second kappa shape index (κ2) is 8.12. The van der Waals surface area contributed by atoms with Crippen LogP contribution in [-0.2, 0) is 4.79 Å². The van der Waals surface area contributed by atoms with Crippen molar-refractivity contribution in [1.29, 1.82) is 0 Å². The summed E-state index contributed by atoms with van der Waals surface area (Å²) in [7, 11) is 1.57. The number of carbonyl (C=O) groups excluding carboxylic acids is 1. The Kier molecular flexibility index (Phi) is 5.66. The van der Waals surface area contributed by atoms with E-state index in [1.807, 2.05) is 17.0 Å². The molecule has 1 aliphatic heterocycles. The average molecular weight is 340 g/mol. The highest BCUT2D eigenvalue weighted by Gasteiger charge is 2.31. The fraction of sp³-hybridized carbons (Fsp3) is 0.400. The Morgan fingerprint density at radius 1 is 1.24 bits per heavy atom. The Labute approximate surface area is 148 Å². The SMILES string of the molecule is COc1cccc(C(O)C(=O)N2CCCCCC2c2ccncc2)c1. The average Bonchev–Trinajstić information content (AvgIpc) is 2.93. The van der Waals surface area contributed by atoms with Crippen LogP contribution in [0.2, 0.25) is 0 Å². The Balaban J connectivity index is 1.86. The third-order valence-corrected chi connectivity index (χ3v) is 4.77. The van der Waals surface area contributed by atoms with Gasteiger partial charge in [-0.3, -0.25) is 9.78 Å². The third-order valence-electron chi connectivity index (χ3n) is 4.77. The normalized spacial score (nSPS) is 19.1. The molecule has 2 heterocycles. The quantitative estimate of drug-likeness (QED) is 0.928. The summed E-state index contributed by atoms with van der Waals surface area (Å²) in [5.41, 5.74) is 1.63. The van der Waals surface area contributed by atoms with Crippen LogP contribution in [0.25, 0.3) is 0 Å². The van der Waals surface area contributed by atoms with Crippen LogP contribution in [0, 0.1) is 0 Å². The van der Waals surface area contributed by atoms with Gasteiger partial charge in [0.1, 0.15) is 5.75 Å². The molecule has 0 bridgehead atoms. The van der Waals surface area contributed by atoms with Crippen molar-refractivity contribution in [2.45, 2.75) is 37.8 Å². The van der Waals surface area contributed by atoms with Crippen molar-refractivity contribution >= 4 is 5.91 Å². The van der Waals surface area contributed by atoms with E-state index < -0.39 is 6.10 Å². The van der Waals surface area contributed by atoms with E-state index >= 15 is 0 Å². The molecule has 2 aromatic rings. The highest BCUT2D eigenvalue weighted by molar-refractivity contribution is 5.82. The van der Waals surface area contributed by atoms with Gasteiger partial charge in [-0.25, -0.2) is 0 Å². The summed E-state index contributed by atoms with van der Waals surface area (Å²) in [6.07, 6.45) is 6.35. The molecule has 25 heavy (non-hydrogen) atoms. The van der Waals surface area contributed by atoms with Gasteiger partial charge in [-0.1, -0.05) is 25.0 Å². The number of carbonyl (C=O) groups is 1. The van der Waals surface area contributed by atoms with Gasteiger partial charge in [-0.2, -0.15) is 0 Å². The number of methoxy groups -OCH3 is 1. The molecule has 132 valence electrons. The topological polar surface area (TPSA) is 62.7 Å². The molecule has 1 aromatic heterocycles. The lowest BCUT2D eigenvalue weighted by molar-refractivity contribution is -0.143. The molecule has 2 atom stereocenters. The standard InChI is InChI=1S/C20H24N2O3/c1-25-17-7-5-6-16(14-17)19(23)20(24)22-13-4-2-3-8-18(22)15-9-11-21-12-10-15/h5-7,9-12,14,18-19,23H,2-4,8,13H2,1H3. The minimum Gasteiger partial charge on any atom is -0.497 e. The molecular formula is C20H24N2O3. The van der Waals surface area contributed by atoms with Gasteiger partial charge in [0.05, 0.1) is 13.2 Å². The summed E-state index contributed by atoms with van der Waals surface area (Å²) in [5, 5.41) is 10.7. The number of aromatic nitrogens is 1. The van der Waals surface area contributed by atoms with E-state index in [4.69, 9.17) is 4.74 Å². The molecule has 0 saturated carbocycles. The molecule has 5 heteroatoms. The van der Waals surface area contributed by atoms with Crippen molar-refractivity contribution in [2.24, 2.45) is 0 Å². The van der Waals surface area contributed by atoms with Crippen LogP contribution in [-0.4, -0.2) is 34.6 Å². The van der Waals surface area contributed by atoms with Gasteiger partial charge in [0.2, 0.25) is 0 Å². The number of amides is 1. The first-order valence-electron chi connectivity index (χ1n) is 8.73. The van der Waals surface area contributed by atoms with Crippen LogP contribution in [0.3, 0.4) is 0 Å². The Hall–Kier alpha value is -2.40. The maximum Gasteiger partial charge on any atom is 0.256 e. The summed E-state index contributed by atoms with van der Waals surface area (Å²) in [6.45, 7) is 0.660. The van der Waals surface area contributed by atoms with E-state index in [1.165, 1.54) is 0 Å².